The minimum absolute atomic E-state index is 0.00301. The van der Waals surface area contributed by atoms with E-state index >= 15 is 0 Å². The first-order valence-corrected chi connectivity index (χ1v) is 4.67. The van der Waals surface area contributed by atoms with E-state index in [0.717, 1.165) is 0 Å². The Balaban J connectivity index is 2.47. The predicted octanol–water partition coefficient (Wildman–Crippen LogP) is 1.32. The fourth-order valence-corrected chi connectivity index (χ4v) is 1.60. The topological polar surface area (TPSA) is 53.3 Å². The number of para-hydroxylation sites is 2. The molecule has 0 aromatic heterocycles. The lowest BCUT2D eigenvalue weighted by Gasteiger charge is -2.30. The van der Waals surface area contributed by atoms with E-state index in [1.807, 2.05) is 12.1 Å². The maximum Gasteiger partial charge on any atom is 0.266 e. The van der Waals surface area contributed by atoms with E-state index in [0.29, 0.717) is 11.4 Å². The molecule has 1 aliphatic heterocycles. The fourth-order valence-electron chi connectivity index (χ4n) is 1.60. The van der Waals surface area contributed by atoms with Gasteiger partial charge < -0.3 is 4.74 Å². The van der Waals surface area contributed by atoms with Crippen LogP contribution in [0.2, 0.25) is 0 Å². The first kappa shape index (κ1) is 9.53. The number of hydrogen-bond acceptors (Lipinski definition) is 3. The second kappa shape index (κ2) is 3.62. The summed E-state index contributed by atoms with van der Waals surface area (Å²) < 4.78 is 5.26. The number of amides is 1. The van der Waals surface area contributed by atoms with Gasteiger partial charge in [-0.3, -0.25) is 9.69 Å². The Morgan fingerprint density at radius 1 is 1.53 bits per heavy atom. The van der Waals surface area contributed by atoms with Crippen LogP contribution in [-0.4, -0.2) is 18.6 Å². The number of carbonyl (C=O) groups excluding carboxylic acids is 1. The van der Waals surface area contributed by atoms with Crippen LogP contribution in [0.4, 0.5) is 5.69 Å². The molecule has 0 saturated carbocycles. The van der Waals surface area contributed by atoms with Crippen molar-refractivity contribution in [1.29, 1.82) is 5.26 Å². The van der Waals surface area contributed by atoms with Crippen LogP contribution in [0.5, 0.6) is 5.75 Å². The summed E-state index contributed by atoms with van der Waals surface area (Å²) in [6.45, 7) is 1.70. The van der Waals surface area contributed by atoms with Crippen molar-refractivity contribution in [2.24, 2.45) is 0 Å². The number of benzene rings is 1. The van der Waals surface area contributed by atoms with Crippen molar-refractivity contribution in [2.75, 3.05) is 11.5 Å². The zero-order chi connectivity index (χ0) is 10.8. The first-order chi connectivity index (χ1) is 7.24. The Bertz CT molecular complexity index is 436. The van der Waals surface area contributed by atoms with Gasteiger partial charge in [-0.15, -0.1) is 0 Å². The number of nitriles is 1. The summed E-state index contributed by atoms with van der Waals surface area (Å²) in [5, 5.41) is 8.85. The normalized spacial score (nSPS) is 16.3. The van der Waals surface area contributed by atoms with E-state index in [1.165, 1.54) is 4.90 Å². The van der Waals surface area contributed by atoms with Gasteiger partial charge >= 0.3 is 0 Å². The third-order valence-electron chi connectivity index (χ3n) is 2.32. The third kappa shape index (κ3) is 1.52. The Kier molecular flexibility index (Phi) is 2.30. The van der Waals surface area contributed by atoms with E-state index in [4.69, 9.17) is 10.00 Å². The smallest absolute Gasteiger partial charge is 0.266 e. The van der Waals surface area contributed by atoms with Crippen molar-refractivity contribution < 1.29 is 9.53 Å². The predicted molar refractivity (Wildman–Crippen MR) is 54.5 cm³/mol. The quantitative estimate of drug-likeness (QED) is 0.690. The molecule has 76 valence electrons. The summed E-state index contributed by atoms with van der Waals surface area (Å²) in [6.07, 6.45) is 0. The van der Waals surface area contributed by atoms with Crippen LogP contribution in [0.15, 0.2) is 24.3 Å². The molecule has 0 N–H and O–H groups in total. The van der Waals surface area contributed by atoms with Gasteiger partial charge in [-0.1, -0.05) is 12.1 Å². The number of nitrogens with zero attached hydrogens (tertiary/aromatic N) is 2. The van der Waals surface area contributed by atoms with Gasteiger partial charge in [-0.2, -0.15) is 5.26 Å². The molecule has 0 bridgehead atoms. The SMILES string of the molecule is CC(C#N)N1C(=O)COc2ccccc21. The lowest BCUT2D eigenvalue weighted by Crippen LogP contribution is -2.43. The van der Waals surface area contributed by atoms with Crippen LogP contribution >= 0.6 is 0 Å². The zero-order valence-corrected chi connectivity index (χ0v) is 8.30. The Hall–Kier alpha value is -2.02. The molecule has 0 spiro atoms. The summed E-state index contributed by atoms with van der Waals surface area (Å²) in [5.74, 6) is 0.474. The van der Waals surface area contributed by atoms with Crippen LogP contribution in [0.3, 0.4) is 0 Å². The summed E-state index contributed by atoms with van der Waals surface area (Å²) in [6, 6.07) is 8.81. The van der Waals surface area contributed by atoms with Crippen LogP contribution in [0.1, 0.15) is 6.92 Å². The number of hydrogen-bond donors (Lipinski definition) is 0. The van der Waals surface area contributed by atoms with Gasteiger partial charge in [-0.05, 0) is 19.1 Å². The number of carbonyl (C=O) groups is 1. The maximum atomic E-state index is 11.6. The summed E-state index contributed by atoms with van der Waals surface area (Å²) in [7, 11) is 0. The highest BCUT2D eigenvalue weighted by molar-refractivity contribution is 5.98. The molecule has 1 amide bonds. The van der Waals surface area contributed by atoms with E-state index in [-0.39, 0.29) is 12.5 Å². The van der Waals surface area contributed by atoms with Gasteiger partial charge in [0, 0.05) is 0 Å². The highest BCUT2D eigenvalue weighted by Crippen LogP contribution is 2.32. The van der Waals surface area contributed by atoms with Crippen molar-refractivity contribution in [3.8, 4) is 11.8 Å². The maximum absolute atomic E-state index is 11.6. The standard InChI is InChI=1S/C11H10N2O2/c1-8(6-12)13-9-4-2-3-5-10(9)15-7-11(13)14/h2-5,8H,7H2,1H3. The largest absolute Gasteiger partial charge is 0.482 e. The van der Waals surface area contributed by atoms with Crippen molar-refractivity contribution in [2.45, 2.75) is 13.0 Å². The summed E-state index contributed by atoms with van der Waals surface area (Å²) in [5.41, 5.74) is 0.669. The highest BCUT2D eigenvalue weighted by Gasteiger charge is 2.28. The number of ether oxygens (including phenoxy) is 1. The van der Waals surface area contributed by atoms with E-state index in [2.05, 4.69) is 6.07 Å². The van der Waals surface area contributed by atoms with E-state index in [1.54, 1.807) is 19.1 Å². The minimum atomic E-state index is -0.470. The van der Waals surface area contributed by atoms with E-state index < -0.39 is 6.04 Å². The van der Waals surface area contributed by atoms with Gasteiger partial charge in [0.15, 0.2) is 6.61 Å². The fraction of sp³-hybridized carbons (Fsp3) is 0.273. The molecule has 0 aliphatic carbocycles. The lowest BCUT2D eigenvalue weighted by molar-refractivity contribution is -0.121. The van der Waals surface area contributed by atoms with Crippen LogP contribution in [-0.2, 0) is 4.79 Å². The second-order valence-electron chi connectivity index (χ2n) is 3.33. The van der Waals surface area contributed by atoms with Crippen molar-refractivity contribution in [3.63, 3.8) is 0 Å². The lowest BCUT2D eigenvalue weighted by atomic mass is 10.2. The molecule has 0 radical (unpaired) electrons. The third-order valence-corrected chi connectivity index (χ3v) is 2.32. The molecule has 4 heteroatoms. The Morgan fingerprint density at radius 3 is 3.00 bits per heavy atom. The molecule has 15 heavy (non-hydrogen) atoms. The van der Waals surface area contributed by atoms with Crippen molar-refractivity contribution >= 4 is 11.6 Å². The molecule has 1 aliphatic rings. The van der Waals surface area contributed by atoms with Crippen LogP contribution in [0, 0.1) is 11.3 Å². The van der Waals surface area contributed by atoms with Gasteiger partial charge in [0.1, 0.15) is 11.8 Å². The van der Waals surface area contributed by atoms with Crippen LogP contribution in [0.25, 0.3) is 0 Å². The monoisotopic (exact) mass is 202 g/mol. The summed E-state index contributed by atoms with van der Waals surface area (Å²) >= 11 is 0. The van der Waals surface area contributed by atoms with Crippen LogP contribution < -0.4 is 9.64 Å². The molecule has 1 atom stereocenters. The first-order valence-electron chi connectivity index (χ1n) is 4.67. The van der Waals surface area contributed by atoms with Gasteiger partial charge in [0.2, 0.25) is 0 Å². The molecule has 1 aromatic carbocycles. The molecular weight excluding hydrogens is 192 g/mol. The van der Waals surface area contributed by atoms with Gasteiger partial charge in [0.05, 0.1) is 11.8 Å². The molecule has 0 saturated heterocycles. The molecule has 0 fully saturated rings. The average Bonchev–Trinajstić information content (AvgIpc) is 2.28. The van der Waals surface area contributed by atoms with Crippen molar-refractivity contribution in [3.05, 3.63) is 24.3 Å². The van der Waals surface area contributed by atoms with Gasteiger partial charge in [-0.25, -0.2) is 0 Å². The molecule has 1 aromatic rings. The highest BCUT2D eigenvalue weighted by atomic mass is 16.5. The van der Waals surface area contributed by atoms with Crippen molar-refractivity contribution in [1.82, 2.24) is 0 Å². The van der Waals surface area contributed by atoms with E-state index in [9.17, 15) is 4.79 Å². The Morgan fingerprint density at radius 2 is 2.27 bits per heavy atom. The number of anilines is 1. The molecule has 2 rings (SSSR count). The minimum Gasteiger partial charge on any atom is -0.482 e. The number of rotatable bonds is 1. The van der Waals surface area contributed by atoms with Gasteiger partial charge in [0.25, 0.3) is 5.91 Å². The zero-order valence-electron chi connectivity index (χ0n) is 8.30. The molecule has 1 heterocycles. The Labute approximate surface area is 87.7 Å². The average molecular weight is 202 g/mol. The summed E-state index contributed by atoms with van der Waals surface area (Å²) in [4.78, 5) is 13.1. The molecular formula is C11H10N2O2. The molecule has 4 nitrogen and oxygen atoms in total. The number of fused-ring (bicyclic) bond motifs is 1. The second-order valence-corrected chi connectivity index (χ2v) is 3.33. The molecule has 1 unspecified atom stereocenters.